The molecule has 3 atom stereocenters. The first-order valence-electron chi connectivity index (χ1n) is 13.0. The maximum Gasteiger partial charge on any atom is 0.317 e. The number of rotatable bonds is 12. The predicted octanol–water partition coefficient (Wildman–Crippen LogP) is 4.73. The number of methoxy groups -OCH3 is 1. The lowest BCUT2D eigenvalue weighted by atomic mass is 9.77. The molecule has 0 aromatic carbocycles. The van der Waals surface area contributed by atoms with Gasteiger partial charge in [0.2, 0.25) is 0 Å². The predicted molar refractivity (Wildman–Crippen MR) is 136 cm³/mol. The molecular formula is C26H45N3O3S. The number of nitrogens with one attached hydrogen (secondary N) is 2. The summed E-state index contributed by atoms with van der Waals surface area (Å²) in [5.41, 5.74) is -0.882. The quantitative estimate of drug-likeness (QED) is 0.379. The number of thiophene rings is 1. The minimum atomic E-state index is -0.882. The number of urea groups is 1. The minimum absolute atomic E-state index is 0.0312. The van der Waals surface area contributed by atoms with Crippen molar-refractivity contribution >= 4 is 17.4 Å². The highest BCUT2D eigenvalue weighted by Gasteiger charge is 2.42. The van der Waals surface area contributed by atoms with E-state index in [0.717, 1.165) is 56.0 Å². The molecule has 2 amide bonds. The number of hydrogen-bond donors (Lipinski definition) is 3. The Labute approximate surface area is 204 Å². The van der Waals surface area contributed by atoms with Crippen LogP contribution in [-0.2, 0) is 10.3 Å². The van der Waals surface area contributed by atoms with E-state index in [1.54, 1.807) is 18.4 Å². The summed E-state index contributed by atoms with van der Waals surface area (Å²) in [6.07, 6.45) is 12.1. The second-order valence-electron chi connectivity index (χ2n) is 10.1. The third kappa shape index (κ3) is 7.67. The van der Waals surface area contributed by atoms with Crippen LogP contribution in [0.1, 0.15) is 75.5 Å². The van der Waals surface area contributed by atoms with Gasteiger partial charge in [-0.15, -0.1) is 11.3 Å². The van der Waals surface area contributed by atoms with Gasteiger partial charge in [-0.3, -0.25) is 0 Å². The molecule has 2 aliphatic rings. The van der Waals surface area contributed by atoms with Crippen molar-refractivity contribution in [3.63, 3.8) is 0 Å². The lowest BCUT2D eigenvalue weighted by Crippen LogP contribution is -2.53. The third-order valence-electron chi connectivity index (χ3n) is 7.61. The number of carbonyl (C=O) groups is 1. The Balaban J connectivity index is 1.62. The Morgan fingerprint density at radius 1 is 1.27 bits per heavy atom. The number of unbranched alkanes of at least 4 members (excludes halogenated alkanes) is 1. The Morgan fingerprint density at radius 2 is 2.09 bits per heavy atom. The molecule has 3 rings (SSSR count). The summed E-state index contributed by atoms with van der Waals surface area (Å²) in [6.45, 7) is 2.90. The van der Waals surface area contributed by atoms with Crippen LogP contribution in [0.5, 0.6) is 0 Å². The zero-order chi connectivity index (χ0) is 23.5. The van der Waals surface area contributed by atoms with Gasteiger partial charge in [-0.1, -0.05) is 38.2 Å². The molecule has 1 aromatic heterocycles. The molecule has 3 unspecified atom stereocenters. The maximum atomic E-state index is 13.3. The summed E-state index contributed by atoms with van der Waals surface area (Å²) in [7, 11) is 3.68. The standard InChI is InChI=1S/C26H45N3O3S/c1-27-19-23(18-21-10-4-3-5-11-21)28-25(30)29-15-8-12-22(20-29)26(31,14-6-7-16-32-2)24-13-9-17-33-24/h9,13,17,21-23,27,31H,3-8,10-12,14-16,18-20H2,1-2H3,(H,28,30). The molecule has 1 aliphatic carbocycles. The van der Waals surface area contributed by atoms with Crippen molar-refractivity contribution in [1.82, 2.24) is 15.5 Å². The van der Waals surface area contributed by atoms with Gasteiger partial charge < -0.3 is 25.4 Å². The number of likely N-dealkylation sites (N-methyl/N-ethyl adjacent to an activating group) is 1. The number of piperidine rings is 1. The second-order valence-corrected chi connectivity index (χ2v) is 11.0. The van der Waals surface area contributed by atoms with E-state index in [0.29, 0.717) is 19.6 Å². The highest BCUT2D eigenvalue weighted by molar-refractivity contribution is 7.10. The molecular weight excluding hydrogens is 434 g/mol. The molecule has 1 aliphatic heterocycles. The first-order chi connectivity index (χ1) is 16.1. The first kappa shape index (κ1) is 26.5. The summed E-state index contributed by atoms with van der Waals surface area (Å²) in [5, 5.41) is 20.5. The van der Waals surface area contributed by atoms with Crippen molar-refractivity contribution in [2.45, 2.75) is 82.3 Å². The molecule has 1 saturated heterocycles. The molecule has 0 bridgehead atoms. The highest BCUT2D eigenvalue weighted by Crippen LogP contribution is 2.41. The van der Waals surface area contributed by atoms with Crippen molar-refractivity contribution in [3.8, 4) is 0 Å². The number of nitrogens with zero attached hydrogens (tertiary/aromatic N) is 1. The normalized spacial score (nSPS) is 22.6. The topological polar surface area (TPSA) is 73.8 Å². The van der Waals surface area contributed by atoms with Crippen molar-refractivity contribution in [2.24, 2.45) is 11.8 Å². The number of ether oxygens (including phenoxy) is 1. The molecule has 0 spiro atoms. The van der Waals surface area contributed by atoms with Gasteiger partial charge in [0.15, 0.2) is 0 Å². The number of likely N-dealkylation sites (tertiary alicyclic amines) is 1. The fraction of sp³-hybridized carbons (Fsp3) is 0.808. The van der Waals surface area contributed by atoms with Gasteiger partial charge >= 0.3 is 6.03 Å². The molecule has 1 aromatic rings. The van der Waals surface area contributed by atoms with Crippen LogP contribution in [0.15, 0.2) is 17.5 Å². The van der Waals surface area contributed by atoms with Crippen LogP contribution in [0, 0.1) is 11.8 Å². The summed E-state index contributed by atoms with van der Waals surface area (Å²) in [5.74, 6) is 0.779. The zero-order valence-electron chi connectivity index (χ0n) is 20.7. The fourth-order valence-corrected chi connectivity index (χ4v) is 6.71. The summed E-state index contributed by atoms with van der Waals surface area (Å²) >= 11 is 1.63. The van der Waals surface area contributed by atoms with Crippen molar-refractivity contribution < 1.29 is 14.6 Å². The van der Waals surface area contributed by atoms with E-state index in [2.05, 4.69) is 10.6 Å². The Morgan fingerprint density at radius 3 is 2.79 bits per heavy atom. The van der Waals surface area contributed by atoms with Gasteiger partial charge in [-0.25, -0.2) is 4.79 Å². The average Bonchev–Trinajstić information content (AvgIpc) is 3.38. The third-order valence-corrected chi connectivity index (χ3v) is 8.65. The molecule has 7 heteroatoms. The second kappa shape index (κ2) is 13.7. The monoisotopic (exact) mass is 479 g/mol. The number of aliphatic hydroxyl groups is 1. The Bertz CT molecular complexity index is 680. The van der Waals surface area contributed by atoms with E-state index >= 15 is 0 Å². The van der Waals surface area contributed by atoms with Gasteiger partial charge in [0.25, 0.3) is 0 Å². The molecule has 6 nitrogen and oxygen atoms in total. The lowest BCUT2D eigenvalue weighted by Gasteiger charge is -2.42. The van der Waals surface area contributed by atoms with Gasteiger partial charge in [0.05, 0.1) is 0 Å². The molecule has 3 N–H and O–H groups in total. The number of carbonyl (C=O) groups excluding carboxylic acids is 1. The van der Waals surface area contributed by atoms with Gasteiger partial charge in [-0.2, -0.15) is 0 Å². The first-order valence-corrected chi connectivity index (χ1v) is 13.9. The van der Waals surface area contributed by atoms with Crippen LogP contribution >= 0.6 is 11.3 Å². The van der Waals surface area contributed by atoms with E-state index < -0.39 is 5.60 Å². The van der Waals surface area contributed by atoms with E-state index in [1.165, 1.54) is 32.1 Å². The van der Waals surface area contributed by atoms with Crippen LogP contribution in [0.25, 0.3) is 0 Å². The van der Waals surface area contributed by atoms with Crippen LogP contribution in [-0.4, -0.2) is 62.5 Å². The molecule has 0 radical (unpaired) electrons. The van der Waals surface area contributed by atoms with Crippen molar-refractivity contribution in [1.29, 1.82) is 0 Å². The molecule has 1 saturated carbocycles. The van der Waals surface area contributed by atoms with E-state index in [4.69, 9.17) is 4.74 Å². The Hall–Kier alpha value is -1.15. The Kier molecular flexibility index (Phi) is 11.0. The fourth-order valence-electron chi connectivity index (χ4n) is 5.78. The van der Waals surface area contributed by atoms with E-state index in [1.807, 2.05) is 29.5 Å². The summed E-state index contributed by atoms with van der Waals surface area (Å²) in [6, 6.07) is 4.26. The average molecular weight is 480 g/mol. The number of amides is 2. The zero-order valence-corrected chi connectivity index (χ0v) is 21.5. The highest BCUT2D eigenvalue weighted by atomic mass is 32.1. The SMILES string of the molecule is CNCC(CC1CCCCC1)NC(=O)N1CCCC(C(O)(CCCCOC)c2cccs2)C1. The lowest BCUT2D eigenvalue weighted by molar-refractivity contribution is -0.0535. The van der Waals surface area contributed by atoms with Crippen molar-refractivity contribution in [3.05, 3.63) is 22.4 Å². The van der Waals surface area contributed by atoms with E-state index in [-0.39, 0.29) is 18.0 Å². The minimum Gasteiger partial charge on any atom is -0.385 e. The molecule has 2 fully saturated rings. The maximum absolute atomic E-state index is 13.3. The van der Waals surface area contributed by atoms with Crippen molar-refractivity contribution in [2.75, 3.05) is 40.4 Å². The molecule has 33 heavy (non-hydrogen) atoms. The smallest absolute Gasteiger partial charge is 0.317 e. The summed E-state index contributed by atoms with van der Waals surface area (Å²) < 4.78 is 5.21. The van der Waals surface area contributed by atoms with Crippen LogP contribution in [0.4, 0.5) is 4.79 Å². The van der Waals surface area contributed by atoms with Gasteiger partial charge in [0, 0.05) is 50.2 Å². The largest absolute Gasteiger partial charge is 0.385 e. The van der Waals surface area contributed by atoms with E-state index in [9.17, 15) is 9.90 Å². The van der Waals surface area contributed by atoms with Crippen LogP contribution in [0.2, 0.25) is 0 Å². The molecule has 188 valence electrons. The molecule has 2 heterocycles. The van der Waals surface area contributed by atoms with Crippen LogP contribution < -0.4 is 10.6 Å². The summed E-state index contributed by atoms with van der Waals surface area (Å²) in [4.78, 5) is 16.3. The van der Waals surface area contributed by atoms with Gasteiger partial charge in [-0.05, 0) is 62.9 Å². The van der Waals surface area contributed by atoms with Gasteiger partial charge in [0.1, 0.15) is 5.60 Å². The number of hydrogen-bond acceptors (Lipinski definition) is 5. The van der Waals surface area contributed by atoms with Crippen LogP contribution in [0.3, 0.4) is 0 Å².